The highest BCUT2D eigenvalue weighted by molar-refractivity contribution is 5.69. The molecule has 2 aliphatic rings. The Bertz CT molecular complexity index is 1160. The van der Waals surface area contributed by atoms with Crippen molar-refractivity contribution >= 4 is 23.0 Å². The Morgan fingerprint density at radius 1 is 1.03 bits per heavy atom. The minimum absolute atomic E-state index is 0.147. The molecule has 3 aromatic rings. The summed E-state index contributed by atoms with van der Waals surface area (Å²) in [6.45, 7) is 7.95. The number of aromatic nitrogens is 2. The van der Waals surface area contributed by atoms with E-state index in [0.717, 1.165) is 88.0 Å². The minimum atomic E-state index is 0.147. The maximum absolute atomic E-state index is 6.32. The molecule has 4 N–H and O–H groups in total. The molecule has 196 valence electrons. The first-order valence-corrected chi connectivity index (χ1v) is 13.1. The van der Waals surface area contributed by atoms with Crippen LogP contribution in [0, 0.1) is 0 Å². The predicted octanol–water partition coefficient (Wildman–Crippen LogP) is 3.69. The number of nitrogens with one attached hydrogen (secondary N) is 2. The van der Waals surface area contributed by atoms with Gasteiger partial charge in [0, 0.05) is 75.2 Å². The van der Waals surface area contributed by atoms with Crippen molar-refractivity contribution in [1.29, 1.82) is 0 Å². The summed E-state index contributed by atoms with van der Waals surface area (Å²) in [6.07, 6.45) is 3.67. The molecular weight excluding hydrogens is 466 g/mol. The number of nitrogens with zero attached hydrogens (tertiary/aromatic N) is 4. The number of ether oxygens (including phenoxy) is 2. The summed E-state index contributed by atoms with van der Waals surface area (Å²) < 4.78 is 11.5. The van der Waals surface area contributed by atoms with E-state index in [1.807, 2.05) is 36.4 Å². The van der Waals surface area contributed by atoms with E-state index < -0.39 is 0 Å². The van der Waals surface area contributed by atoms with Crippen LogP contribution in [0.4, 0.5) is 23.0 Å². The lowest BCUT2D eigenvalue weighted by Crippen LogP contribution is -2.45. The van der Waals surface area contributed by atoms with E-state index in [1.165, 1.54) is 0 Å². The van der Waals surface area contributed by atoms with Gasteiger partial charge in [0.2, 0.25) is 5.95 Å². The number of hydrogen-bond acceptors (Lipinski definition) is 9. The van der Waals surface area contributed by atoms with Crippen molar-refractivity contribution in [2.24, 2.45) is 0 Å². The van der Waals surface area contributed by atoms with Crippen molar-refractivity contribution in [3.8, 4) is 17.0 Å². The number of rotatable bonds is 9. The van der Waals surface area contributed by atoms with Gasteiger partial charge in [0.1, 0.15) is 11.9 Å². The third-order valence-electron chi connectivity index (χ3n) is 6.89. The van der Waals surface area contributed by atoms with Crippen molar-refractivity contribution in [1.82, 2.24) is 19.8 Å². The second-order valence-corrected chi connectivity index (χ2v) is 9.73. The van der Waals surface area contributed by atoms with Gasteiger partial charge >= 0.3 is 0 Å². The fourth-order valence-electron chi connectivity index (χ4n) is 4.63. The first kappa shape index (κ1) is 25.3. The zero-order valence-corrected chi connectivity index (χ0v) is 21.5. The first-order chi connectivity index (χ1) is 18.1. The number of likely N-dealkylation sites (N-methyl/N-ethyl adjacent to an activating group) is 1. The number of nitrogen functional groups attached to an aromatic ring is 1. The third kappa shape index (κ3) is 7.09. The lowest BCUT2D eigenvalue weighted by Gasteiger charge is -2.32. The van der Waals surface area contributed by atoms with Gasteiger partial charge in [0.05, 0.1) is 24.6 Å². The van der Waals surface area contributed by atoms with Crippen molar-refractivity contribution in [3.05, 3.63) is 54.7 Å². The Morgan fingerprint density at radius 3 is 2.65 bits per heavy atom. The lowest BCUT2D eigenvalue weighted by atomic mass is 10.1. The summed E-state index contributed by atoms with van der Waals surface area (Å²) in [5.74, 6) is 1.24. The van der Waals surface area contributed by atoms with Gasteiger partial charge in [0.15, 0.2) is 0 Å². The molecule has 0 atom stereocenters. The smallest absolute Gasteiger partial charge is 0.227 e. The first-order valence-electron chi connectivity index (χ1n) is 13.1. The topological polar surface area (TPSA) is 101 Å². The molecule has 0 saturated carbocycles. The Hall–Kier alpha value is -3.40. The predicted molar refractivity (Wildman–Crippen MR) is 149 cm³/mol. The maximum Gasteiger partial charge on any atom is 0.227 e. The van der Waals surface area contributed by atoms with Crippen molar-refractivity contribution in [2.75, 3.05) is 75.9 Å². The Labute approximate surface area is 219 Å². The zero-order valence-electron chi connectivity index (χ0n) is 21.5. The van der Waals surface area contributed by atoms with Crippen LogP contribution in [0.2, 0.25) is 0 Å². The number of nitrogens with two attached hydrogens (primary N) is 1. The van der Waals surface area contributed by atoms with E-state index in [4.69, 9.17) is 20.2 Å². The highest BCUT2D eigenvalue weighted by Crippen LogP contribution is 2.30. The number of anilines is 4. The van der Waals surface area contributed by atoms with E-state index >= 15 is 0 Å². The highest BCUT2D eigenvalue weighted by Gasteiger charge is 2.17. The Balaban J connectivity index is 1.18. The summed E-state index contributed by atoms with van der Waals surface area (Å²) >= 11 is 0. The molecule has 0 aliphatic carbocycles. The number of benzene rings is 2. The molecule has 37 heavy (non-hydrogen) atoms. The van der Waals surface area contributed by atoms with Crippen LogP contribution in [0.5, 0.6) is 5.75 Å². The van der Waals surface area contributed by atoms with Crippen LogP contribution in [0.15, 0.2) is 54.7 Å². The molecule has 2 aliphatic heterocycles. The molecule has 0 amide bonds. The standard InChI is InChI=1S/C28H37N7O2/c1-34-13-15-35(16-14-34)12-11-30-22-3-2-4-23(20-22)32-28-31-10-7-26(33-28)21-5-6-27(25(29)19-21)37-24-8-17-36-18-9-24/h2-7,10,19-20,24,30H,8-9,11-18,29H2,1H3,(H,31,32,33). The monoisotopic (exact) mass is 503 g/mol. The molecule has 9 heteroatoms. The van der Waals surface area contributed by atoms with Gasteiger partial charge in [0.25, 0.3) is 0 Å². The van der Waals surface area contributed by atoms with E-state index in [2.05, 4.69) is 44.6 Å². The summed E-state index contributed by atoms with van der Waals surface area (Å²) in [4.78, 5) is 14.0. The fraction of sp³-hybridized carbons (Fsp3) is 0.429. The summed E-state index contributed by atoms with van der Waals surface area (Å²) in [5.41, 5.74) is 10.6. The SMILES string of the molecule is CN1CCN(CCNc2cccc(Nc3nccc(-c4ccc(OC5CCOCC5)c(N)c4)n3)c2)CC1. The fourth-order valence-corrected chi connectivity index (χ4v) is 4.63. The van der Waals surface area contributed by atoms with Gasteiger partial charge < -0.3 is 30.7 Å². The Morgan fingerprint density at radius 2 is 1.84 bits per heavy atom. The normalized spacial score (nSPS) is 17.4. The van der Waals surface area contributed by atoms with Crippen molar-refractivity contribution in [3.63, 3.8) is 0 Å². The average molecular weight is 504 g/mol. The molecule has 0 radical (unpaired) electrons. The van der Waals surface area contributed by atoms with Gasteiger partial charge in [-0.2, -0.15) is 0 Å². The second-order valence-electron chi connectivity index (χ2n) is 9.73. The van der Waals surface area contributed by atoms with Gasteiger partial charge in [-0.15, -0.1) is 0 Å². The molecule has 0 unspecified atom stereocenters. The second kappa shape index (κ2) is 12.2. The van der Waals surface area contributed by atoms with Gasteiger partial charge in [-0.1, -0.05) is 6.07 Å². The van der Waals surface area contributed by atoms with Crippen molar-refractivity contribution < 1.29 is 9.47 Å². The van der Waals surface area contributed by atoms with E-state index in [9.17, 15) is 0 Å². The van der Waals surface area contributed by atoms with E-state index in [0.29, 0.717) is 17.4 Å². The minimum Gasteiger partial charge on any atom is -0.488 e. The van der Waals surface area contributed by atoms with Crippen LogP contribution in [0.3, 0.4) is 0 Å². The molecule has 9 nitrogen and oxygen atoms in total. The molecular formula is C28H37N7O2. The number of piperazine rings is 1. The molecule has 5 rings (SSSR count). The number of hydrogen-bond donors (Lipinski definition) is 3. The maximum atomic E-state index is 6.32. The molecule has 0 bridgehead atoms. The van der Waals surface area contributed by atoms with Gasteiger partial charge in [-0.05, 0) is 49.5 Å². The van der Waals surface area contributed by atoms with Gasteiger partial charge in [-0.25, -0.2) is 9.97 Å². The van der Waals surface area contributed by atoms with Crippen LogP contribution in [-0.4, -0.2) is 85.4 Å². The Kier molecular flexibility index (Phi) is 8.35. The zero-order chi connectivity index (χ0) is 25.5. The molecule has 2 aromatic carbocycles. The van der Waals surface area contributed by atoms with E-state index in [1.54, 1.807) is 6.20 Å². The van der Waals surface area contributed by atoms with Crippen LogP contribution < -0.4 is 21.1 Å². The van der Waals surface area contributed by atoms with Crippen LogP contribution in [-0.2, 0) is 4.74 Å². The van der Waals surface area contributed by atoms with Gasteiger partial charge in [-0.3, -0.25) is 4.90 Å². The van der Waals surface area contributed by atoms with Crippen molar-refractivity contribution in [2.45, 2.75) is 18.9 Å². The largest absolute Gasteiger partial charge is 0.488 e. The quantitative estimate of drug-likeness (QED) is 0.378. The summed E-state index contributed by atoms with van der Waals surface area (Å²) in [6, 6.07) is 15.9. The third-order valence-corrected chi connectivity index (χ3v) is 6.89. The lowest BCUT2D eigenvalue weighted by molar-refractivity contribution is 0.0259. The van der Waals surface area contributed by atoms with Crippen LogP contribution in [0.1, 0.15) is 12.8 Å². The molecule has 0 spiro atoms. The molecule has 1 aromatic heterocycles. The molecule has 2 saturated heterocycles. The van der Waals surface area contributed by atoms with Crippen LogP contribution in [0.25, 0.3) is 11.3 Å². The van der Waals surface area contributed by atoms with Crippen LogP contribution >= 0.6 is 0 Å². The molecule has 2 fully saturated rings. The molecule has 3 heterocycles. The van der Waals surface area contributed by atoms with E-state index in [-0.39, 0.29) is 6.10 Å². The summed E-state index contributed by atoms with van der Waals surface area (Å²) in [5, 5.41) is 6.87. The summed E-state index contributed by atoms with van der Waals surface area (Å²) in [7, 11) is 2.18. The average Bonchev–Trinajstić information content (AvgIpc) is 2.92. The highest BCUT2D eigenvalue weighted by atomic mass is 16.5.